The van der Waals surface area contributed by atoms with Crippen molar-refractivity contribution in [2.45, 2.75) is 30.6 Å². The first-order valence-electron chi connectivity index (χ1n) is 13.3. The predicted molar refractivity (Wildman–Crippen MR) is 156 cm³/mol. The van der Waals surface area contributed by atoms with Gasteiger partial charge in [-0.05, 0) is 42.2 Å². The highest BCUT2D eigenvalue weighted by Crippen LogP contribution is 2.33. The molecular weight excluding hydrogens is 518 g/mol. The van der Waals surface area contributed by atoms with Crippen LogP contribution in [0.2, 0.25) is 0 Å². The van der Waals surface area contributed by atoms with Gasteiger partial charge in [-0.3, -0.25) is 9.88 Å². The lowest BCUT2D eigenvalue weighted by atomic mass is 9.97. The van der Waals surface area contributed by atoms with Crippen LogP contribution in [0.15, 0.2) is 96.3 Å². The quantitative estimate of drug-likeness (QED) is 0.264. The Morgan fingerprint density at radius 2 is 1.62 bits per heavy atom. The molecule has 6 rings (SSSR count). The fourth-order valence-corrected chi connectivity index (χ4v) is 6.46. The van der Waals surface area contributed by atoms with E-state index in [2.05, 4.69) is 45.2 Å². The van der Waals surface area contributed by atoms with E-state index >= 15 is 0 Å². The van der Waals surface area contributed by atoms with Gasteiger partial charge in [-0.25, -0.2) is 13.4 Å². The molecule has 3 heterocycles. The number of benzene rings is 3. The second kappa shape index (κ2) is 10.7. The van der Waals surface area contributed by atoms with Crippen LogP contribution in [0.25, 0.3) is 33.4 Å². The Morgan fingerprint density at radius 3 is 2.33 bits per heavy atom. The molecule has 1 fully saturated rings. The maximum Gasteiger partial charge on any atom is 0.228 e. The van der Waals surface area contributed by atoms with Crippen LogP contribution in [-0.4, -0.2) is 47.2 Å². The van der Waals surface area contributed by atoms with E-state index in [-0.39, 0.29) is 11.2 Å². The van der Waals surface area contributed by atoms with Crippen molar-refractivity contribution in [3.63, 3.8) is 0 Å². The third-order valence-electron chi connectivity index (χ3n) is 7.55. The highest BCUT2D eigenvalue weighted by Gasteiger charge is 2.28. The summed E-state index contributed by atoms with van der Waals surface area (Å²) in [5.41, 5.74) is 7.17. The maximum absolute atomic E-state index is 12.5. The molecule has 0 atom stereocenters. The fourth-order valence-electron chi connectivity index (χ4n) is 5.59. The first kappa shape index (κ1) is 25.9. The molecule has 0 amide bonds. The Kier molecular flexibility index (Phi) is 6.93. The number of imidazole rings is 1. The van der Waals surface area contributed by atoms with Gasteiger partial charge in [0.1, 0.15) is 6.07 Å². The number of aromatic nitrogens is 3. The van der Waals surface area contributed by atoms with Crippen LogP contribution in [0.1, 0.15) is 30.0 Å². The van der Waals surface area contributed by atoms with Crippen LogP contribution in [0.3, 0.4) is 0 Å². The van der Waals surface area contributed by atoms with Crippen molar-refractivity contribution in [3.05, 3.63) is 102 Å². The second-order valence-electron chi connectivity index (χ2n) is 10.3. The number of nitrogens with zero attached hydrogens (tertiary/aromatic N) is 5. The van der Waals surface area contributed by atoms with E-state index in [9.17, 15) is 13.7 Å². The fraction of sp³-hybridized carbons (Fsp3) is 0.219. The second-order valence-corrected chi connectivity index (χ2v) is 12.2. The first-order chi connectivity index (χ1) is 19.4. The topological polar surface area (TPSA) is 91.9 Å². The van der Waals surface area contributed by atoms with Gasteiger partial charge in [0.15, 0.2) is 0 Å². The van der Waals surface area contributed by atoms with Gasteiger partial charge in [0.25, 0.3) is 0 Å². The lowest BCUT2D eigenvalue weighted by molar-refractivity contribution is 0.177. The first-order valence-corrected chi connectivity index (χ1v) is 15.2. The van der Waals surface area contributed by atoms with Gasteiger partial charge < -0.3 is 4.57 Å². The highest BCUT2D eigenvalue weighted by molar-refractivity contribution is 7.90. The number of fused-ring (bicyclic) bond motifs is 1. The normalized spacial score (nSPS) is 14.8. The predicted octanol–water partition coefficient (Wildman–Crippen LogP) is 5.88. The van der Waals surface area contributed by atoms with E-state index in [1.54, 1.807) is 6.20 Å². The smallest absolute Gasteiger partial charge is 0.228 e. The minimum absolute atomic E-state index is 0.0922. The summed E-state index contributed by atoms with van der Waals surface area (Å²) in [5.74, 6) is 0. The number of nitriles is 1. The van der Waals surface area contributed by atoms with Crippen molar-refractivity contribution < 1.29 is 8.42 Å². The average molecular weight is 548 g/mol. The molecule has 5 aromatic rings. The van der Waals surface area contributed by atoms with Crippen LogP contribution in [0.4, 0.5) is 0 Å². The number of rotatable bonds is 6. The Hall–Kier alpha value is -4.32. The lowest BCUT2D eigenvalue weighted by Gasteiger charge is -2.33. The van der Waals surface area contributed by atoms with Gasteiger partial charge in [-0.1, -0.05) is 66.7 Å². The number of likely N-dealkylation sites (tertiary alicyclic amines) is 1. The summed E-state index contributed by atoms with van der Waals surface area (Å²) in [7, 11) is -3.44. The maximum atomic E-state index is 12.5. The minimum atomic E-state index is -3.44. The van der Waals surface area contributed by atoms with Crippen LogP contribution in [-0.2, 0) is 16.4 Å². The molecule has 7 nitrogen and oxygen atoms in total. The minimum Gasteiger partial charge on any atom is -0.312 e. The zero-order valence-corrected chi connectivity index (χ0v) is 23.1. The third kappa shape index (κ3) is 5.14. The molecule has 0 N–H and O–H groups in total. The van der Waals surface area contributed by atoms with Crippen LogP contribution in [0.5, 0.6) is 0 Å². The molecule has 1 aliphatic rings. The van der Waals surface area contributed by atoms with E-state index in [1.807, 2.05) is 65.2 Å². The molecule has 8 heteroatoms. The summed E-state index contributed by atoms with van der Waals surface area (Å²) in [6.07, 6.45) is 4.57. The number of piperidine rings is 1. The molecule has 1 aliphatic heterocycles. The van der Waals surface area contributed by atoms with E-state index in [4.69, 9.17) is 0 Å². The summed E-state index contributed by atoms with van der Waals surface area (Å²) in [5, 5.41) is 9.56. The van der Waals surface area contributed by atoms with Crippen molar-refractivity contribution >= 4 is 20.9 Å². The van der Waals surface area contributed by atoms with Crippen molar-refractivity contribution in [1.29, 1.82) is 5.26 Å². The summed E-state index contributed by atoms with van der Waals surface area (Å²) in [6, 6.07) is 30.3. The molecule has 2 aromatic heterocycles. The number of hydrogen-bond acceptors (Lipinski definition) is 6. The number of sulfone groups is 1. The van der Waals surface area contributed by atoms with Crippen LogP contribution >= 0.6 is 0 Å². The van der Waals surface area contributed by atoms with Crippen molar-refractivity contribution in [2.24, 2.45) is 0 Å². The Balaban J connectivity index is 1.18. The van der Waals surface area contributed by atoms with Gasteiger partial charge in [-0.2, -0.15) is 5.26 Å². The molecule has 200 valence electrons. The van der Waals surface area contributed by atoms with Crippen molar-refractivity contribution in [1.82, 2.24) is 19.4 Å². The molecule has 0 bridgehead atoms. The largest absolute Gasteiger partial charge is 0.312 e. The van der Waals surface area contributed by atoms with E-state index < -0.39 is 9.84 Å². The molecule has 0 spiro atoms. The highest BCUT2D eigenvalue weighted by atomic mass is 32.2. The van der Waals surface area contributed by atoms with E-state index in [1.165, 1.54) is 11.8 Å². The Bertz CT molecular complexity index is 1820. The zero-order chi connectivity index (χ0) is 27.7. The van der Waals surface area contributed by atoms with E-state index in [0.717, 1.165) is 65.9 Å². The number of pyridine rings is 1. The Labute approximate surface area is 234 Å². The van der Waals surface area contributed by atoms with Crippen molar-refractivity contribution in [2.75, 3.05) is 19.3 Å². The summed E-state index contributed by atoms with van der Waals surface area (Å²) < 4.78 is 27.0. The molecule has 0 aliphatic carbocycles. The third-order valence-corrected chi connectivity index (χ3v) is 8.50. The number of hydrogen-bond donors (Lipinski definition) is 0. The van der Waals surface area contributed by atoms with Crippen LogP contribution in [0, 0.1) is 11.3 Å². The van der Waals surface area contributed by atoms with Gasteiger partial charge in [-0.15, -0.1) is 0 Å². The number of para-hydroxylation sites is 2. The van der Waals surface area contributed by atoms with Gasteiger partial charge in [0, 0.05) is 49.3 Å². The lowest BCUT2D eigenvalue weighted by Crippen LogP contribution is -2.34. The molecule has 0 unspecified atom stereocenters. The standard InChI is InChI=1S/C32H29N5O2S/c1-40(38,39)32-35-29-9-5-6-10-30(29)37(32)27-15-17-36(18-16-27)22-23-11-13-26(14-12-23)31-28(19-24(20-33)21-34-31)25-7-3-2-4-8-25/h2-14,19,21,27H,15-18,22H2,1H3. The van der Waals surface area contributed by atoms with Gasteiger partial charge in [0.05, 0.1) is 22.3 Å². The summed E-state index contributed by atoms with van der Waals surface area (Å²) >= 11 is 0. The Morgan fingerprint density at radius 1 is 0.925 bits per heavy atom. The van der Waals surface area contributed by atoms with E-state index in [0.29, 0.717) is 5.56 Å². The molecular formula is C32H29N5O2S. The molecule has 0 saturated carbocycles. The summed E-state index contributed by atoms with van der Waals surface area (Å²) in [4.78, 5) is 11.5. The SMILES string of the molecule is CS(=O)(=O)c1nc2ccccc2n1C1CCN(Cc2ccc(-c3ncc(C#N)cc3-c3ccccc3)cc2)CC1. The molecule has 3 aromatic carbocycles. The zero-order valence-electron chi connectivity index (χ0n) is 22.2. The van der Waals surface area contributed by atoms with Gasteiger partial charge in [0.2, 0.25) is 15.0 Å². The van der Waals surface area contributed by atoms with Crippen LogP contribution < -0.4 is 0 Å². The summed E-state index contributed by atoms with van der Waals surface area (Å²) in [6.45, 7) is 2.57. The molecule has 0 radical (unpaired) electrons. The van der Waals surface area contributed by atoms with Gasteiger partial charge >= 0.3 is 0 Å². The monoisotopic (exact) mass is 547 g/mol. The molecule has 1 saturated heterocycles. The van der Waals surface area contributed by atoms with Crippen molar-refractivity contribution in [3.8, 4) is 28.5 Å². The molecule has 40 heavy (non-hydrogen) atoms. The average Bonchev–Trinajstić information content (AvgIpc) is 3.39.